The molecule has 0 bridgehead atoms. The molecule has 1 aliphatic heterocycles. The highest BCUT2D eigenvalue weighted by Crippen LogP contribution is 2.31. The molecule has 0 amide bonds. The van der Waals surface area contributed by atoms with Crippen LogP contribution in [0.2, 0.25) is 5.02 Å². The van der Waals surface area contributed by atoms with Gasteiger partial charge in [0.2, 0.25) is 0 Å². The number of hydrogen-bond donors (Lipinski definition) is 0. The Kier molecular flexibility index (Phi) is 5.63. The minimum atomic E-state index is -0.659. The zero-order chi connectivity index (χ0) is 18.5. The Morgan fingerprint density at radius 1 is 1.04 bits per heavy atom. The summed E-state index contributed by atoms with van der Waals surface area (Å²) in [5.41, 5.74) is 1.33. The van der Waals surface area contributed by atoms with Gasteiger partial charge in [-0.1, -0.05) is 17.7 Å². The molecule has 1 aliphatic rings. The van der Waals surface area contributed by atoms with Crippen LogP contribution in [0, 0.1) is 6.92 Å². The third-order valence-electron chi connectivity index (χ3n) is 3.66. The fourth-order valence-electron chi connectivity index (χ4n) is 2.35. The third kappa shape index (κ3) is 4.46. The minimum Gasteiger partial charge on any atom is -0.486 e. The van der Waals surface area contributed by atoms with Crippen molar-refractivity contribution in [2.75, 3.05) is 26.4 Å². The first-order chi connectivity index (χ1) is 12.5. The molecule has 0 radical (unpaired) electrons. The van der Waals surface area contributed by atoms with E-state index in [1.807, 2.05) is 13.0 Å². The van der Waals surface area contributed by atoms with Crippen molar-refractivity contribution in [3.8, 4) is 17.2 Å². The molecule has 26 heavy (non-hydrogen) atoms. The topological polar surface area (TPSA) is 71.1 Å². The molecular weight excluding hydrogens is 360 g/mol. The van der Waals surface area contributed by atoms with Crippen LogP contribution < -0.4 is 14.2 Å². The standard InChI is InChI=1S/C19H17ClO6/c1-12-2-4-14(20)17(8-12)25-11-19(22)26-10-15(21)13-3-5-16-18(9-13)24-7-6-23-16/h2-5,8-9H,6-7,10-11H2,1H3. The number of ketones is 1. The largest absolute Gasteiger partial charge is 0.486 e. The number of fused-ring (bicyclic) bond motifs is 1. The number of carbonyl (C=O) groups is 2. The first kappa shape index (κ1) is 18.1. The van der Waals surface area contributed by atoms with Crippen molar-refractivity contribution < 1.29 is 28.5 Å². The highest BCUT2D eigenvalue weighted by atomic mass is 35.5. The van der Waals surface area contributed by atoms with E-state index in [4.69, 9.17) is 30.5 Å². The first-order valence-electron chi connectivity index (χ1n) is 8.00. The summed E-state index contributed by atoms with van der Waals surface area (Å²) >= 11 is 5.99. The zero-order valence-corrected chi connectivity index (χ0v) is 14.9. The molecule has 6 nitrogen and oxygen atoms in total. The van der Waals surface area contributed by atoms with E-state index in [2.05, 4.69) is 0 Å². The Morgan fingerprint density at radius 2 is 1.81 bits per heavy atom. The molecule has 0 unspecified atom stereocenters. The number of ether oxygens (including phenoxy) is 4. The first-order valence-corrected chi connectivity index (χ1v) is 8.38. The maximum atomic E-state index is 12.2. The van der Waals surface area contributed by atoms with Gasteiger partial charge in [0.1, 0.15) is 19.0 Å². The van der Waals surface area contributed by atoms with Crippen LogP contribution in [0.25, 0.3) is 0 Å². The van der Waals surface area contributed by atoms with E-state index in [9.17, 15) is 9.59 Å². The predicted octanol–water partition coefficient (Wildman–Crippen LogP) is 3.22. The third-order valence-corrected chi connectivity index (χ3v) is 3.97. The second-order valence-electron chi connectivity index (χ2n) is 5.66. The number of rotatable bonds is 6. The van der Waals surface area contributed by atoms with Crippen LogP contribution in [-0.2, 0) is 9.53 Å². The Labute approximate surface area is 155 Å². The summed E-state index contributed by atoms with van der Waals surface area (Å²) in [6.45, 7) is 2.07. The van der Waals surface area contributed by atoms with E-state index in [1.54, 1.807) is 30.3 Å². The summed E-state index contributed by atoms with van der Waals surface area (Å²) in [5, 5.41) is 0.399. The van der Waals surface area contributed by atoms with Gasteiger partial charge in [0.15, 0.2) is 30.5 Å². The second kappa shape index (κ2) is 8.10. The average molecular weight is 377 g/mol. The highest BCUT2D eigenvalue weighted by Gasteiger charge is 2.16. The summed E-state index contributed by atoms with van der Waals surface area (Å²) in [4.78, 5) is 24.0. The van der Waals surface area contributed by atoms with Crippen molar-refractivity contribution in [1.82, 2.24) is 0 Å². The van der Waals surface area contributed by atoms with Gasteiger partial charge in [-0.3, -0.25) is 4.79 Å². The van der Waals surface area contributed by atoms with Gasteiger partial charge >= 0.3 is 5.97 Å². The van der Waals surface area contributed by atoms with Crippen LogP contribution >= 0.6 is 11.6 Å². The molecule has 0 atom stereocenters. The maximum absolute atomic E-state index is 12.2. The fourth-order valence-corrected chi connectivity index (χ4v) is 2.52. The maximum Gasteiger partial charge on any atom is 0.344 e. The lowest BCUT2D eigenvalue weighted by molar-refractivity contribution is -0.144. The van der Waals surface area contributed by atoms with Gasteiger partial charge in [-0.05, 0) is 42.8 Å². The monoisotopic (exact) mass is 376 g/mol. The normalized spacial score (nSPS) is 12.4. The highest BCUT2D eigenvalue weighted by molar-refractivity contribution is 6.32. The second-order valence-corrected chi connectivity index (χ2v) is 6.07. The molecule has 0 spiro atoms. The number of esters is 1. The molecule has 2 aromatic rings. The van der Waals surface area contributed by atoms with Crippen LogP contribution in [-0.4, -0.2) is 38.2 Å². The van der Waals surface area contributed by atoms with Crippen molar-refractivity contribution in [2.24, 2.45) is 0 Å². The van der Waals surface area contributed by atoms with E-state index < -0.39 is 5.97 Å². The van der Waals surface area contributed by atoms with E-state index in [-0.39, 0.29) is 19.0 Å². The van der Waals surface area contributed by atoms with Crippen molar-refractivity contribution in [1.29, 1.82) is 0 Å². The zero-order valence-electron chi connectivity index (χ0n) is 14.1. The number of halogens is 1. The number of carbonyl (C=O) groups excluding carboxylic acids is 2. The minimum absolute atomic E-state index is 0.336. The van der Waals surface area contributed by atoms with Crippen LogP contribution in [0.1, 0.15) is 15.9 Å². The Morgan fingerprint density at radius 3 is 2.62 bits per heavy atom. The Hall–Kier alpha value is -2.73. The smallest absolute Gasteiger partial charge is 0.344 e. The van der Waals surface area contributed by atoms with E-state index >= 15 is 0 Å². The lowest BCUT2D eigenvalue weighted by atomic mass is 10.1. The van der Waals surface area contributed by atoms with Crippen LogP contribution in [0.15, 0.2) is 36.4 Å². The van der Waals surface area contributed by atoms with Gasteiger partial charge in [0, 0.05) is 5.56 Å². The van der Waals surface area contributed by atoms with E-state index in [0.717, 1.165) is 5.56 Å². The lowest BCUT2D eigenvalue weighted by Crippen LogP contribution is -2.20. The molecule has 136 valence electrons. The molecular formula is C19H17ClO6. The molecule has 1 heterocycles. The molecule has 7 heteroatoms. The molecule has 0 fully saturated rings. The molecule has 0 aromatic heterocycles. The molecule has 0 aliphatic carbocycles. The molecule has 3 rings (SSSR count). The molecule has 2 aromatic carbocycles. The van der Waals surface area contributed by atoms with E-state index in [1.165, 1.54) is 0 Å². The van der Waals surface area contributed by atoms with E-state index in [0.29, 0.717) is 41.0 Å². The number of aryl methyl sites for hydroxylation is 1. The summed E-state index contributed by atoms with van der Waals surface area (Å²) in [6, 6.07) is 10.1. The van der Waals surface area contributed by atoms with Crippen molar-refractivity contribution in [3.63, 3.8) is 0 Å². The molecule has 0 saturated carbocycles. The van der Waals surface area contributed by atoms with Gasteiger partial charge in [-0.15, -0.1) is 0 Å². The molecule has 0 N–H and O–H groups in total. The number of benzene rings is 2. The Balaban J connectivity index is 1.51. The SMILES string of the molecule is Cc1ccc(Cl)c(OCC(=O)OCC(=O)c2ccc3c(c2)OCCO3)c1. The molecule has 0 saturated heterocycles. The van der Waals surface area contributed by atoms with Crippen molar-refractivity contribution in [3.05, 3.63) is 52.5 Å². The Bertz CT molecular complexity index is 833. The summed E-state index contributed by atoms with van der Waals surface area (Å²) in [6.07, 6.45) is 0. The fraction of sp³-hybridized carbons (Fsp3) is 0.263. The predicted molar refractivity (Wildman–Crippen MR) is 94.4 cm³/mol. The number of Topliss-reactive ketones (excluding diaryl/α,β-unsaturated/α-hetero) is 1. The average Bonchev–Trinajstić information content (AvgIpc) is 2.66. The summed E-state index contributed by atoms with van der Waals surface area (Å²) < 4.78 is 21.1. The van der Waals surface area contributed by atoms with Crippen LogP contribution in [0.5, 0.6) is 17.2 Å². The quantitative estimate of drug-likeness (QED) is 0.569. The summed E-state index contributed by atoms with van der Waals surface area (Å²) in [7, 11) is 0. The number of hydrogen-bond acceptors (Lipinski definition) is 6. The summed E-state index contributed by atoms with van der Waals surface area (Å²) in [5.74, 6) is 0.484. The van der Waals surface area contributed by atoms with Gasteiger partial charge in [0.05, 0.1) is 5.02 Å². The van der Waals surface area contributed by atoms with Crippen LogP contribution in [0.4, 0.5) is 0 Å². The lowest BCUT2D eigenvalue weighted by Gasteiger charge is -2.18. The van der Waals surface area contributed by atoms with Gasteiger partial charge in [-0.25, -0.2) is 4.79 Å². The van der Waals surface area contributed by atoms with Crippen molar-refractivity contribution >= 4 is 23.4 Å². The van der Waals surface area contributed by atoms with Gasteiger partial charge in [-0.2, -0.15) is 0 Å². The van der Waals surface area contributed by atoms with Gasteiger partial charge in [0.25, 0.3) is 0 Å². The van der Waals surface area contributed by atoms with Crippen LogP contribution in [0.3, 0.4) is 0 Å². The van der Waals surface area contributed by atoms with Gasteiger partial charge < -0.3 is 18.9 Å². The van der Waals surface area contributed by atoms with Crippen molar-refractivity contribution in [2.45, 2.75) is 6.92 Å².